The average molecular weight is 302 g/mol. The van der Waals surface area contributed by atoms with E-state index in [0.29, 0.717) is 11.4 Å². The van der Waals surface area contributed by atoms with Crippen molar-refractivity contribution in [3.8, 4) is 11.8 Å². The number of hydrogen-bond donors (Lipinski definition) is 1. The molecule has 6 heteroatoms. The molecule has 0 fully saturated rings. The van der Waals surface area contributed by atoms with E-state index in [1.165, 1.54) is 5.56 Å². The number of para-hydroxylation sites is 1. The van der Waals surface area contributed by atoms with Crippen molar-refractivity contribution < 1.29 is 0 Å². The zero-order valence-corrected chi connectivity index (χ0v) is 12.5. The van der Waals surface area contributed by atoms with Gasteiger partial charge in [-0.15, -0.1) is 5.10 Å². The van der Waals surface area contributed by atoms with Crippen LogP contribution in [0, 0.1) is 18.3 Å². The molecule has 1 aromatic heterocycles. The van der Waals surface area contributed by atoms with Crippen LogP contribution in [0.25, 0.3) is 11.8 Å². The lowest BCUT2D eigenvalue weighted by atomic mass is 10.2. The Hall–Kier alpha value is -3.46. The third-order valence-electron chi connectivity index (χ3n) is 3.29. The fourth-order valence-corrected chi connectivity index (χ4v) is 2.08. The summed E-state index contributed by atoms with van der Waals surface area (Å²) in [5.74, 6) is 0.593. The van der Waals surface area contributed by atoms with Gasteiger partial charge in [-0.05, 0) is 41.6 Å². The summed E-state index contributed by atoms with van der Waals surface area (Å²) in [4.78, 5) is 0. The van der Waals surface area contributed by atoms with Crippen LogP contribution in [0.3, 0.4) is 0 Å². The summed E-state index contributed by atoms with van der Waals surface area (Å²) in [5.41, 5.74) is 3.38. The quantitative estimate of drug-likeness (QED) is 0.801. The van der Waals surface area contributed by atoms with Gasteiger partial charge in [0, 0.05) is 12.3 Å². The molecule has 112 valence electrons. The minimum atomic E-state index is 0.579. The Labute approximate surface area is 133 Å². The highest BCUT2D eigenvalue weighted by Gasteiger charge is 2.05. The zero-order chi connectivity index (χ0) is 16.1. The molecule has 2 aromatic carbocycles. The second-order valence-corrected chi connectivity index (χ2v) is 4.92. The van der Waals surface area contributed by atoms with Crippen molar-refractivity contribution in [2.75, 3.05) is 5.32 Å². The molecule has 6 nitrogen and oxygen atoms in total. The average Bonchev–Trinajstić information content (AvgIpc) is 3.04. The van der Waals surface area contributed by atoms with Gasteiger partial charge in [0.15, 0.2) is 5.82 Å². The van der Waals surface area contributed by atoms with Crippen molar-refractivity contribution in [2.45, 2.75) is 6.92 Å². The van der Waals surface area contributed by atoms with E-state index in [4.69, 9.17) is 5.26 Å². The molecule has 0 saturated carbocycles. The Morgan fingerprint density at radius 2 is 1.91 bits per heavy atom. The molecule has 0 aliphatic heterocycles. The fraction of sp³-hybridized carbons (Fsp3) is 0.0588. The summed E-state index contributed by atoms with van der Waals surface area (Å²) in [6.07, 6.45) is 3.47. The molecule has 0 spiro atoms. The van der Waals surface area contributed by atoms with E-state index in [9.17, 15) is 0 Å². The Balaban J connectivity index is 1.80. The number of tetrazole rings is 1. The molecule has 3 rings (SSSR count). The van der Waals surface area contributed by atoms with Crippen LogP contribution in [-0.4, -0.2) is 20.2 Å². The van der Waals surface area contributed by atoms with Gasteiger partial charge in [-0.3, -0.25) is 0 Å². The largest absolute Gasteiger partial charge is 0.360 e. The highest BCUT2D eigenvalue weighted by molar-refractivity contribution is 5.60. The topological polar surface area (TPSA) is 79.4 Å². The molecule has 0 amide bonds. The summed E-state index contributed by atoms with van der Waals surface area (Å²) in [7, 11) is 0. The Morgan fingerprint density at radius 1 is 1.13 bits per heavy atom. The highest BCUT2D eigenvalue weighted by atomic mass is 15.5. The third-order valence-corrected chi connectivity index (χ3v) is 3.29. The van der Waals surface area contributed by atoms with Crippen LogP contribution >= 0.6 is 0 Å². The number of nitrogens with zero attached hydrogens (tertiary/aromatic N) is 5. The molecule has 0 radical (unpaired) electrons. The molecule has 0 unspecified atom stereocenters. The lowest BCUT2D eigenvalue weighted by Crippen LogP contribution is -2.00. The van der Waals surface area contributed by atoms with E-state index in [2.05, 4.69) is 26.9 Å². The number of nitriles is 1. The molecular weight excluding hydrogens is 288 g/mol. The predicted octanol–water partition coefficient (Wildman–Crippen LogP) is 2.93. The summed E-state index contributed by atoms with van der Waals surface area (Å²) in [6.45, 7) is 2.03. The van der Waals surface area contributed by atoms with Gasteiger partial charge >= 0.3 is 0 Å². The number of benzene rings is 2. The normalized spacial score (nSPS) is 10.6. The van der Waals surface area contributed by atoms with Crippen LogP contribution < -0.4 is 5.32 Å². The molecule has 0 atom stereocenters. The Bertz CT molecular complexity index is 871. The molecule has 0 aliphatic carbocycles. The number of aryl methyl sites for hydroxylation is 1. The predicted molar refractivity (Wildman–Crippen MR) is 87.7 cm³/mol. The van der Waals surface area contributed by atoms with Gasteiger partial charge in [-0.1, -0.05) is 29.8 Å². The summed E-state index contributed by atoms with van der Waals surface area (Å²) < 4.78 is 1.65. The molecule has 0 aliphatic rings. The van der Waals surface area contributed by atoms with E-state index in [1.54, 1.807) is 23.0 Å². The van der Waals surface area contributed by atoms with Crippen molar-refractivity contribution in [1.29, 1.82) is 5.26 Å². The summed E-state index contributed by atoms with van der Waals surface area (Å²) in [6, 6.07) is 17.4. The molecule has 0 saturated heterocycles. The van der Waals surface area contributed by atoms with Crippen LogP contribution in [0.5, 0.6) is 0 Å². The van der Waals surface area contributed by atoms with Crippen molar-refractivity contribution >= 4 is 11.8 Å². The first-order chi connectivity index (χ1) is 11.3. The van der Waals surface area contributed by atoms with Gasteiger partial charge in [-0.25, -0.2) is 0 Å². The molecule has 1 heterocycles. The number of nitrogens with one attached hydrogen (secondary N) is 1. The molecule has 3 aromatic rings. The van der Waals surface area contributed by atoms with Crippen LogP contribution in [0.4, 0.5) is 5.69 Å². The van der Waals surface area contributed by atoms with Crippen molar-refractivity contribution in [2.24, 2.45) is 0 Å². The minimum Gasteiger partial charge on any atom is -0.360 e. The molecular formula is C17H14N6. The number of aromatic nitrogens is 4. The first kappa shape index (κ1) is 14.5. The number of rotatable bonds is 4. The van der Waals surface area contributed by atoms with E-state index in [1.807, 2.05) is 49.4 Å². The lowest BCUT2D eigenvalue weighted by molar-refractivity contribution is 0.786. The van der Waals surface area contributed by atoms with Gasteiger partial charge in [0.2, 0.25) is 0 Å². The first-order valence-corrected chi connectivity index (χ1v) is 7.05. The van der Waals surface area contributed by atoms with E-state index in [0.717, 1.165) is 11.4 Å². The van der Waals surface area contributed by atoms with E-state index in [-0.39, 0.29) is 0 Å². The van der Waals surface area contributed by atoms with Crippen molar-refractivity contribution in [3.05, 3.63) is 71.7 Å². The van der Waals surface area contributed by atoms with Gasteiger partial charge < -0.3 is 5.32 Å². The summed E-state index contributed by atoms with van der Waals surface area (Å²) in [5, 5.41) is 23.9. The van der Waals surface area contributed by atoms with Crippen LogP contribution in [0.15, 0.2) is 54.7 Å². The standard InChI is InChI=1S/C17H14N6/c1-13-6-8-15(9-7-13)23-17(20-21-22-23)10-11-19-16-5-3-2-4-14(16)12-18/h2-11,19H,1H3/b11-10-. The maximum Gasteiger partial charge on any atom is 0.181 e. The molecule has 0 bridgehead atoms. The third kappa shape index (κ3) is 3.24. The van der Waals surface area contributed by atoms with Crippen molar-refractivity contribution in [3.63, 3.8) is 0 Å². The lowest BCUT2D eigenvalue weighted by Gasteiger charge is -2.03. The van der Waals surface area contributed by atoms with Crippen LogP contribution in [0.1, 0.15) is 17.0 Å². The Kier molecular flexibility index (Phi) is 4.11. The Morgan fingerprint density at radius 3 is 2.70 bits per heavy atom. The summed E-state index contributed by atoms with van der Waals surface area (Å²) >= 11 is 0. The van der Waals surface area contributed by atoms with Crippen LogP contribution in [-0.2, 0) is 0 Å². The maximum absolute atomic E-state index is 9.07. The maximum atomic E-state index is 9.07. The molecule has 23 heavy (non-hydrogen) atoms. The first-order valence-electron chi connectivity index (χ1n) is 7.05. The zero-order valence-electron chi connectivity index (χ0n) is 12.5. The second kappa shape index (κ2) is 6.54. The second-order valence-electron chi connectivity index (χ2n) is 4.92. The number of hydrogen-bond acceptors (Lipinski definition) is 5. The van der Waals surface area contributed by atoms with Gasteiger partial charge in [0.25, 0.3) is 0 Å². The van der Waals surface area contributed by atoms with E-state index < -0.39 is 0 Å². The SMILES string of the molecule is Cc1ccc(-n2nnnc2/C=C\Nc2ccccc2C#N)cc1. The van der Waals surface area contributed by atoms with Gasteiger partial charge in [0.1, 0.15) is 6.07 Å². The monoisotopic (exact) mass is 302 g/mol. The van der Waals surface area contributed by atoms with Gasteiger partial charge in [-0.2, -0.15) is 9.94 Å². The highest BCUT2D eigenvalue weighted by Crippen LogP contribution is 2.14. The van der Waals surface area contributed by atoms with Crippen LogP contribution in [0.2, 0.25) is 0 Å². The van der Waals surface area contributed by atoms with Crippen molar-refractivity contribution in [1.82, 2.24) is 20.2 Å². The van der Waals surface area contributed by atoms with Gasteiger partial charge in [0.05, 0.1) is 16.9 Å². The fourth-order valence-electron chi connectivity index (χ4n) is 2.08. The smallest absolute Gasteiger partial charge is 0.181 e. The minimum absolute atomic E-state index is 0.579. The van der Waals surface area contributed by atoms with E-state index >= 15 is 0 Å². The molecule has 1 N–H and O–H groups in total. The number of anilines is 1.